The Morgan fingerprint density at radius 1 is 0.309 bits per heavy atom. The average Bonchev–Trinajstić information content (AvgIpc) is 3.27. The fourth-order valence-electron chi connectivity index (χ4n) is 7.74. The third kappa shape index (κ3) is 6.08. The van der Waals surface area contributed by atoms with E-state index in [2.05, 4.69) is 205 Å². The lowest BCUT2D eigenvalue weighted by atomic mass is 9.93. The number of fused-ring (bicyclic) bond motifs is 5. The number of hydrogen-bond donors (Lipinski definition) is 0. The molecule has 0 amide bonds. The average molecular weight is 702 g/mol. The quantitative estimate of drug-likeness (QED) is 0.155. The Kier molecular flexibility index (Phi) is 8.16. The van der Waals surface area contributed by atoms with Gasteiger partial charge in [-0.15, -0.1) is 0 Å². The third-order valence-corrected chi connectivity index (χ3v) is 10.4. The van der Waals surface area contributed by atoms with Crippen LogP contribution in [0.2, 0.25) is 0 Å². The number of benzene rings is 9. The van der Waals surface area contributed by atoms with E-state index in [9.17, 15) is 0 Å². The Hall–Kier alpha value is -7.36. The predicted molar refractivity (Wildman–Crippen MR) is 231 cm³/mol. The minimum absolute atomic E-state index is 0.874. The summed E-state index contributed by atoms with van der Waals surface area (Å²) >= 11 is 0. The van der Waals surface area contributed by atoms with Crippen molar-refractivity contribution in [1.29, 1.82) is 0 Å². The molecule has 0 aliphatic carbocycles. The maximum absolute atomic E-state index is 5.49. The Morgan fingerprint density at radius 3 is 1.38 bits per heavy atom. The topological polar surface area (TPSA) is 29.0 Å². The van der Waals surface area contributed by atoms with Crippen LogP contribution in [0.3, 0.4) is 0 Å². The van der Waals surface area contributed by atoms with Crippen LogP contribution in [-0.2, 0) is 0 Å². The van der Waals surface area contributed by atoms with Crippen LogP contribution in [0.15, 0.2) is 212 Å². The molecule has 0 saturated heterocycles. The molecule has 3 heteroatoms. The van der Waals surface area contributed by atoms with Gasteiger partial charge in [-0.3, -0.25) is 0 Å². The lowest BCUT2D eigenvalue weighted by molar-refractivity contribution is 1.28. The number of aromatic nitrogens is 2. The Labute approximate surface area is 320 Å². The van der Waals surface area contributed by atoms with Crippen molar-refractivity contribution in [2.45, 2.75) is 0 Å². The second kappa shape index (κ2) is 13.9. The number of hydrogen-bond acceptors (Lipinski definition) is 3. The molecule has 258 valence electrons. The van der Waals surface area contributed by atoms with Gasteiger partial charge in [0.05, 0.1) is 22.4 Å². The summed E-state index contributed by atoms with van der Waals surface area (Å²) in [6, 6.07) is 75.1. The smallest absolute Gasteiger partial charge is 0.0979 e. The van der Waals surface area contributed by atoms with E-state index in [1.54, 1.807) is 0 Å². The van der Waals surface area contributed by atoms with E-state index >= 15 is 0 Å². The van der Waals surface area contributed by atoms with E-state index < -0.39 is 0 Å². The van der Waals surface area contributed by atoms with E-state index in [0.717, 1.165) is 88.8 Å². The summed E-state index contributed by atoms with van der Waals surface area (Å²) in [5.74, 6) is 0. The van der Waals surface area contributed by atoms with E-state index in [1.807, 2.05) is 12.1 Å². The second-order valence-electron chi connectivity index (χ2n) is 13.8. The molecular formula is C52H35N3. The summed E-state index contributed by atoms with van der Waals surface area (Å²) in [5.41, 5.74) is 13.5. The number of anilines is 3. The highest BCUT2D eigenvalue weighted by molar-refractivity contribution is 6.19. The van der Waals surface area contributed by atoms with Crippen LogP contribution < -0.4 is 4.90 Å². The van der Waals surface area contributed by atoms with Crippen LogP contribution in [-0.4, -0.2) is 9.97 Å². The normalized spacial score (nSPS) is 11.3. The number of nitrogens with zero attached hydrogens (tertiary/aromatic N) is 3. The summed E-state index contributed by atoms with van der Waals surface area (Å²) in [6.45, 7) is 0. The predicted octanol–water partition coefficient (Wildman–Crippen LogP) is 14.1. The van der Waals surface area contributed by atoms with Crippen LogP contribution in [0, 0.1) is 0 Å². The summed E-state index contributed by atoms with van der Waals surface area (Å²) < 4.78 is 0. The fraction of sp³-hybridized carbons (Fsp3) is 0. The zero-order valence-electron chi connectivity index (χ0n) is 30.0. The molecule has 10 aromatic rings. The van der Waals surface area contributed by atoms with Crippen molar-refractivity contribution in [3.63, 3.8) is 0 Å². The van der Waals surface area contributed by atoms with Crippen molar-refractivity contribution in [3.8, 4) is 44.8 Å². The second-order valence-corrected chi connectivity index (χ2v) is 13.8. The highest BCUT2D eigenvalue weighted by atomic mass is 15.1. The van der Waals surface area contributed by atoms with Gasteiger partial charge in [-0.1, -0.05) is 158 Å². The standard InChI is InChI=1S/C52H35N3/c1-6-16-36(17-7-1)42-32-43(34-46(33-42)55(44-22-12-4-13-23-44)45-24-14-5-15-25-45)41-29-27-37-26-28-38-30-31-48-52(49(38)47(37)35-41)54-51(40-20-10-3-11-21-40)50(53-48)39-18-8-2-9-19-39/h1-35H. The molecule has 1 heterocycles. The first kappa shape index (κ1) is 32.3. The largest absolute Gasteiger partial charge is 0.310 e. The monoisotopic (exact) mass is 701 g/mol. The van der Waals surface area contributed by atoms with Gasteiger partial charge in [0.25, 0.3) is 0 Å². The van der Waals surface area contributed by atoms with Crippen LogP contribution in [0.5, 0.6) is 0 Å². The van der Waals surface area contributed by atoms with Gasteiger partial charge >= 0.3 is 0 Å². The summed E-state index contributed by atoms with van der Waals surface area (Å²) in [4.78, 5) is 13.2. The van der Waals surface area contributed by atoms with Gasteiger partial charge in [0.15, 0.2) is 0 Å². The van der Waals surface area contributed by atoms with Gasteiger partial charge in [-0.2, -0.15) is 0 Å². The zero-order valence-corrected chi connectivity index (χ0v) is 30.0. The van der Waals surface area contributed by atoms with Gasteiger partial charge in [0, 0.05) is 33.6 Å². The molecule has 0 unspecified atom stereocenters. The molecular weight excluding hydrogens is 667 g/mol. The molecule has 0 fully saturated rings. The highest BCUT2D eigenvalue weighted by Gasteiger charge is 2.18. The van der Waals surface area contributed by atoms with E-state index in [4.69, 9.17) is 9.97 Å². The van der Waals surface area contributed by atoms with Crippen molar-refractivity contribution in [1.82, 2.24) is 9.97 Å². The molecule has 0 bridgehead atoms. The van der Waals surface area contributed by atoms with Gasteiger partial charge in [-0.25, -0.2) is 9.97 Å². The van der Waals surface area contributed by atoms with E-state index in [1.165, 1.54) is 5.56 Å². The first-order valence-corrected chi connectivity index (χ1v) is 18.7. The number of para-hydroxylation sites is 2. The summed E-state index contributed by atoms with van der Waals surface area (Å²) in [5, 5.41) is 4.55. The molecule has 55 heavy (non-hydrogen) atoms. The lowest BCUT2D eigenvalue weighted by Crippen LogP contribution is -2.10. The van der Waals surface area contributed by atoms with E-state index in [-0.39, 0.29) is 0 Å². The highest BCUT2D eigenvalue weighted by Crippen LogP contribution is 2.41. The molecule has 0 aliphatic rings. The van der Waals surface area contributed by atoms with Gasteiger partial charge in [0.1, 0.15) is 0 Å². The van der Waals surface area contributed by atoms with E-state index in [0.29, 0.717) is 0 Å². The van der Waals surface area contributed by atoms with Crippen molar-refractivity contribution >= 4 is 49.6 Å². The molecule has 0 aliphatic heterocycles. The van der Waals surface area contributed by atoms with Gasteiger partial charge in [0.2, 0.25) is 0 Å². The molecule has 10 rings (SSSR count). The maximum atomic E-state index is 5.49. The van der Waals surface area contributed by atoms with Crippen molar-refractivity contribution in [2.24, 2.45) is 0 Å². The molecule has 0 N–H and O–H groups in total. The van der Waals surface area contributed by atoms with Crippen LogP contribution in [0.25, 0.3) is 77.3 Å². The van der Waals surface area contributed by atoms with Gasteiger partial charge < -0.3 is 4.90 Å². The first-order chi connectivity index (χ1) is 27.3. The minimum atomic E-state index is 0.874. The summed E-state index contributed by atoms with van der Waals surface area (Å²) in [7, 11) is 0. The lowest BCUT2D eigenvalue weighted by Gasteiger charge is -2.27. The van der Waals surface area contributed by atoms with Gasteiger partial charge in [-0.05, 0) is 93.0 Å². The minimum Gasteiger partial charge on any atom is -0.310 e. The van der Waals surface area contributed by atoms with Crippen molar-refractivity contribution in [2.75, 3.05) is 4.90 Å². The molecule has 0 spiro atoms. The fourth-order valence-corrected chi connectivity index (χ4v) is 7.74. The first-order valence-electron chi connectivity index (χ1n) is 18.7. The zero-order chi connectivity index (χ0) is 36.6. The number of rotatable bonds is 7. The molecule has 9 aromatic carbocycles. The van der Waals surface area contributed by atoms with Crippen LogP contribution in [0.4, 0.5) is 17.1 Å². The Balaban J connectivity index is 1.22. The third-order valence-electron chi connectivity index (χ3n) is 10.4. The molecule has 0 radical (unpaired) electrons. The molecule has 1 aromatic heterocycles. The van der Waals surface area contributed by atoms with Crippen molar-refractivity contribution < 1.29 is 0 Å². The molecule has 0 atom stereocenters. The van der Waals surface area contributed by atoms with Crippen LogP contribution in [0.1, 0.15) is 0 Å². The molecule has 3 nitrogen and oxygen atoms in total. The maximum Gasteiger partial charge on any atom is 0.0979 e. The van der Waals surface area contributed by atoms with Crippen LogP contribution >= 0.6 is 0 Å². The molecule has 0 saturated carbocycles. The summed E-state index contributed by atoms with van der Waals surface area (Å²) in [6.07, 6.45) is 0. The Bertz CT molecular complexity index is 2910. The SMILES string of the molecule is c1ccc(-c2cc(-c3ccc4ccc5ccc6nc(-c7ccccc7)c(-c7ccccc7)nc6c5c4c3)cc(N(c3ccccc3)c3ccccc3)c2)cc1. The van der Waals surface area contributed by atoms with Crippen molar-refractivity contribution in [3.05, 3.63) is 212 Å². The Morgan fingerprint density at radius 2 is 0.782 bits per heavy atom.